The average molecular weight is 227 g/mol. The van der Waals surface area contributed by atoms with Crippen molar-refractivity contribution in [3.63, 3.8) is 0 Å². The second kappa shape index (κ2) is 5.40. The standard InChI is InChI=1S/C9H18N2.2ClH/c1-11-6-7-2-3-9(11)8(4-7)5-10;;/h7-9H,2-6,10H2,1H3;2*1H. The molecule has 2 bridgehead atoms. The number of hydrogen-bond donors (Lipinski definition) is 1. The molecule has 3 aliphatic rings. The van der Waals surface area contributed by atoms with Gasteiger partial charge in [-0.05, 0) is 44.7 Å². The zero-order chi connectivity index (χ0) is 7.84. The summed E-state index contributed by atoms with van der Waals surface area (Å²) in [5, 5.41) is 0. The first kappa shape index (κ1) is 13.5. The third kappa shape index (κ3) is 2.50. The van der Waals surface area contributed by atoms with Crippen LogP contribution in [0.2, 0.25) is 0 Å². The predicted octanol–water partition coefficient (Wildman–Crippen LogP) is 1.52. The molecule has 1 aliphatic carbocycles. The Morgan fingerprint density at radius 3 is 2.38 bits per heavy atom. The number of fused-ring (bicyclic) bond motifs is 3. The monoisotopic (exact) mass is 226 g/mol. The summed E-state index contributed by atoms with van der Waals surface area (Å²) in [5.41, 5.74) is 5.73. The highest BCUT2D eigenvalue weighted by Gasteiger charge is 2.37. The highest BCUT2D eigenvalue weighted by atomic mass is 35.5. The molecule has 2 aliphatic heterocycles. The van der Waals surface area contributed by atoms with Gasteiger partial charge in [0.25, 0.3) is 0 Å². The Bertz CT molecular complexity index is 155. The normalized spacial score (nSPS) is 37.8. The van der Waals surface area contributed by atoms with Crippen molar-refractivity contribution < 1.29 is 0 Å². The van der Waals surface area contributed by atoms with Crippen molar-refractivity contribution >= 4 is 24.8 Å². The Balaban J connectivity index is 0.000000720. The summed E-state index contributed by atoms with van der Waals surface area (Å²) in [6.45, 7) is 2.21. The lowest BCUT2D eigenvalue weighted by molar-refractivity contribution is 0.0239. The van der Waals surface area contributed by atoms with Gasteiger partial charge in [0.1, 0.15) is 0 Å². The maximum absolute atomic E-state index is 5.73. The van der Waals surface area contributed by atoms with Crippen LogP contribution in [0.1, 0.15) is 19.3 Å². The number of nitrogens with two attached hydrogens (primary N) is 1. The van der Waals surface area contributed by atoms with Crippen LogP contribution in [0.3, 0.4) is 0 Å². The average Bonchev–Trinajstić information content (AvgIpc) is 2.04. The summed E-state index contributed by atoms with van der Waals surface area (Å²) in [6, 6.07) is 0.810. The summed E-state index contributed by atoms with van der Waals surface area (Å²) in [4.78, 5) is 2.51. The van der Waals surface area contributed by atoms with Crippen molar-refractivity contribution in [2.24, 2.45) is 17.6 Å². The van der Waals surface area contributed by atoms with Gasteiger partial charge in [-0.15, -0.1) is 24.8 Å². The van der Waals surface area contributed by atoms with Crippen molar-refractivity contribution in [3.8, 4) is 0 Å². The van der Waals surface area contributed by atoms with Gasteiger partial charge in [-0.25, -0.2) is 0 Å². The lowest BCUT2D eigenvalue weighted by Gasteiger charge is -2.48. The first-order valence-corrected chi connectivity index (χ1v) is 4.71. The first-order valence-electron chi connectivity index (χ1n) is 4.71. The summed E-state index contributed by atoms with van der Waals surface area (Å²) < 4.78 is 0. The molecule has 0 radical (unpaired) electrons. The molecule has 0 aromatic carbocycles. The molecule has 2 saturated heterocycles. The molecule has 3 atom stereocenters. The van der Waals surface area contributed by atoms with Gasteiger partial charge in [0.05, 0.1) is 0 Å². The minimum atomic E-state index is 0. The van der Waals surface area contributed by atoms with Gasteiger partial charge in [0.15, 0.2) is 0 Å². The van der Waals surface area contributed by atoms with E-state index in [0.29, 0.717) is 0 Å². The van der Waals surface area contributed by atoms with Gasteiger partial charge >= 0.3 is 0 Å². The van der Waals surface area contributed by atoms with Gasteiger partial charge in [-0.1, -0.05) is 0 Å². The topological polar surface area (TPSA) is 29.3 Å². The molecule has 4 heteroatoms. The van der Waals surface area contributed by atoms with E-state index >= 15 is 0 Å². The zero-order valence-electron chi connectivity index (χ0n) is 8.11. The van der Waals surface area contributed by atoms with E-state index in [9.17, 15) is 0 Å². The fraction of sp³-hybridized carbons (Fsp3) is 1.00. The molecule has 2 heterocycles. The van der Waals surface area contributed by atoms with E-state index in [1.165, 1.54) is 25.8 Å². The fourth-order valence-corrected chi connectivity index (χ4v) is 2.89. The lowest BCUT2D eigenvalue weighted by Crippen LogP contribution is -2.52. The molecule has 2 nitrogen and oxygen atoms in total. The minimum Gasteiger partial charge on any atom is -0.330 e. The van der Waals surface area contributed by atoms with E-state index in [2.05, 4.69) is 11.9 Å². The quantitative estimate of drug-likeness (QED) is 0.735. The Kier molecular flexibility index (Phi) is 5.61. The predicted molar refractivity (Wildman–Crippen MR) is 60.8 cm³/mol. The molecule has 13 heavy (non-hydrogen) atoms. The second-order valence-electron chi connectivity index (χ2n) is 4.18. The van der Waals surface area contributed by atoms with Crippen LogP contribution < -0.4 is 5.73 Å². The Labute approximate surface area is 93.1 Å². The molecule has 3 fully saturated rings. The van der Waals surface area contributed by atoms with Crippen LogP contribution in [0.15, 0.2) is 0 Å². The molecular weight excluding hydrogens is 207 g/mol. The van der Waals surface area contributed by atoms with Gasteiger partial charge in [-0.2, -0.15) is 0 Å². The van der Waals surface area contributed by atoms with Gasteiger partial charge in [0.2, 0.25) is 0 Å². The van der Waals surface area contributed by atoms with Gasteiger partial charge in [0, 0.05) is 12.6 Å². The summed E-state index contributed by atoms with van der Waals surface area (Å²) in [7, 11) is 2.25. The molecule has 2 N–H and O–H groups in total. The summed E-state index contributed by atoms with van der Waals surface area (Å²) in [6.07, 6.45) is 4.24. The van der Waals surface area contributed by atoms with E-state index in [1.54, 1.807) is 0 Å². The number of piperidine rings is 2. The number of nitrogens with zero attached hydrogens (tertiary/aromatic N) is 1. The SMILES string of the molecule is CN1CC2CCC1C(CN)C2.Cl.Cl. The van der Waals surface area contributed by atoms with E-state index in [4.69, 9.17) is 5.73 Å². The third-order valence-electron chi connectivity index (χ3n) is 3.47. The van der Waals surface area contributed by atoms with Crippen LogP contribution in [-0.2, 0) is 0 Å². The molecule has 3 unspecified atom stereocenters. The smallest absolute Gasteiger partial charge is 0.0133 e. The molecule has 0 spiro atoms. The highest BCUT2D eigenvalue weighted by molar-refractivity contribution is 5.85. The number of rotatable bonds is 1. The summed E-state index contributed by atoms with van der Waals surface area (Å²) >= 11 is 0. The van der Waals surface area contributed by atoms with E-state index in [1.807, 2.05) is 0 Å². The maximum atomic E-state index is 5.73. The lowest BCUT2D eigenvalue weighted by atomic mass is 9.73. The van der Waals surface area contributed by atoms with Crippen LogP contribution in [-0.4, -0.2) is 31.1 Å². The fourth-order valence-electron chi connectivity index (χ4n) is 2.89. The minimum absolute atomic E-state index is 0. The van der Waals surface area contributed by atoms with Crippen LogP contribution >= 0.6 is 24.8 Å². The molecule has 3 rings (SSSR count). The van der Waals surface area contributed by atoms with Crippen LogP contribution in [0.4, 0.5) is 0 Å². The van der Waals surface area contributed by atoms with Crippen LogP contribution in [0, 0.1) is 11.8 Å². The van der Waals surface area contributed by atoms with Crippen molar-refractivity contribution in [1.82, 2.24) is 4.90 Å². The molecule has 0 amide bonds. The van der Waals surface area contributed by atoms with Gasteiger partial charge < -0.3 is 10.6 Å². The Morgan fingerprint density at radius 2 is 2.00 bits per heavy atom. The molecule has 0 aromatic heterocycles. The second-order valence-corrected chi connectivity index (χ2v) is 4.18. The molecular formula is C9H20Cl2N2. The first-order chi connectivity index (χ1) is 5.31. The van der Waals surface area contributed by atoms with E-state index in [0.717, 1.165) is 24.4 Å². The van der Waals surface area contributed by atoms with Crippen molar-refractivity contribution in [2.45, 2.75) is 25.3 Å². The Morgan fingerprint density at radius 1 is 1.31 bits per heavy atom. The van der Waals surface area contributed by atoms with E-state index in [-0.39, 0.29) is 24.8 Å². The Hall–Kier alpha value is 0.500. The zero-order valence-corrected chi connectivity index (χ0v) is 9.74. The van der Waals surface area contributed by atoms with Crippen molar-refractivity contribution in [1.29, 1.82) is 0 Å². The van der Waals surface area contributed by atoms with Crippen LogP contribution in [0.5, 0.6) is 0 Å². The van der Waals surface area contributed by atoms with E-state index < -0.39 is 0 Å². The highest BCUT2D eigenvalue weighted by Crippen LogP contribution is 2.37. The number of hydrogen-bond acceptors (Lipinski definition) is 2. The molecule has 0 aromatic rings. The van der Waals surface area contributed by atoms with Crippen molar-refractivity contribution in [3.05, 3.63) is 0 Å². The molecule has 80 valence electrons. The largest absolute Gasteiger partial charge is 0.330 e. The summed E-state index contributed by atoms with van der Waals surface area (Å²) in [5.74, 6) is 1.76. The molecule has 1 saturated carbocycles. The van der Waals surface area contributed by atoms with Crippen LogP contribution in [0.25, 0.3) is 0 Å². The maximum Gasteiger partial charge on any atom is 0.0133 e. The number of halogens is 2. The third-order valence-corrected chi connectivity index (χ3v) is 3.47. The van der Waals surface area contributed by atoms with Gasteiger partial charge in [-0.3, -0.25) is 0 Å². The van der Waals surface area contributed by atoms with Crippen molar-refractivity contribution in [2.75, 3.05) is 20.1 Å².